The average Bonchev–Trinajstić information content (AvgIpc) is 3.10. The van der Waals surface area contributed by atoms with Crippen LogP contribution >= 0.6 is 0 Å². The Labute approximate surface area is 104 Å². The van der Waals surface area contributed by atoms with Crippen LogP contribution in [0.25, 0.3) is 0 Å². The Bertz CT molecular complexity index is 383. The first kappa shape index (κ1) is 12.4. The van der Waals surface area contributed by atoms with Crippen LogP contribution in [0.5, 0.6) is 5.75 Å². The van der Waals surface area contributed by atoms with Gasteiger partial charge in [-0.25, -0.2) is 0 Å². The van der Waals surface area contributed by atoms with Crippen LogP contribution in [0.4, 0.5) is 0 Å². The molecule has 0 amide bonds. The van der Waals surface area contributed by atoms with E-state index in [1.165, 1.54) is 30.4 Å². The molecule has 1 aromatic rings. The number of rotatable bonds is 6. The molecule has 17 heavy (non-hydrogen) atoms. The summed E-state index contributed by atoms with van der Waals surface area (Å²) in [4.78, 5) is 0. The quantitative estimate of drug-likeness (QED) is 0.763. The summed E-state index contributed by atoms with van der Waals surface area (Å²) in [5.74, 6) is 1.05. The van der Waals surface area contributed by atoms with Gasteiger partial charge in [0.05, 0.1) is 7.11 Å². The molecule has 2 heteroatoms. The number of aryl methyl sites for hydroxylation is 1. The fourth-order valence-corrected chi connectivity index (χ4v) is 2.43. The molecule has 1 aromatic carbocycles. The van der Waals surface area contributed by atoms with E-state index in [1.54, 1.807) is 7.11 Å². The zero-order valence-corrected chi connectivity index (χ0v) is 11.2. The fraction of sp³-hybridized carbons (Fsp3) is 0.600. The van der Waals surface area contributed by atoms with Gasteiger partial charge in [0, 0.05) is 17.5 Å². The predicted molar refractivity (Wildman–Crippen MR) is 71.8 cm³/mol. The van der Waals surface area contributed by atoms with Gasteiger partial charge in [-0.1, -0.05) is 24.6 Å². The number of hydrogen-bond acceptors (Lipinski definition) is 2. The molecule has 0 bridgehead atoms. The topological polar surface area (TPSA) is 21.3 Å². The number of hydrogen-bond donors (Lipinski definition) is 1. The van der Waals surface area contributed by atoms with Crippen molar-refractivity contribution < 1.29 is 4.74 Å². The SMILES string of the molecule is CCCNCC1(c2cc(C)ccc2OC)CC1. The summed E-state index contributed by atoms with van der Waals surface area (Å²) in [5.41, 5.74) is 3.05. The van der Waals surface area contributed by atoms with Crippen LogP contribution in [0, 0.1) is 6.92 Å². The molecule has 0 heterocycles. The Morgan fingerprint density at radius 3 is 2.71 bits per heavy atom. The maximum atomic E-state index is 5.51. The molecule has 1 aliphatic rings. The highest BCUT2D eigenvalue weighted by Crippen LogP contribution is 2.51. The largest absolute Gasteiger partial charge is 0.496 e. The zero-order chi connectivity index (χ0) is 12.3. The lowest BCUT2D eigenvalue weighted by Crippen LogP contribution is -2.27. The zero-order valence-electron chi connectivity index (χ0n) is 11.2. The Balaban J connectivity index is 2.17. The van der Waals surface area contributed by atoms with E-state index >= 15 is 0 Å². The Morgan fingerprint density at radius 1 is 1.35 bits per heavy atom. The van der Waals surface area contributed by atoms with Gasteiger partial charge < -0.3 is 10.1 Å². The lowest BCUT2D eigenvalue weighted by Gasteiger charge is -2.20. The molecule has 0 aliphatic heterocycles. The summed E-state index contributed by atoms with van der Waals surface area (Å²) in [6.07, 6.45) is 3.76. The van der Waals surface area contributed by atoms with Crippen molar-refractivity contribution in [1.29, 1.82) is 0 Å². The van der Waals surface area contributed by atoms with Crippen LogP contribution in [-0.2, 0) is 5.41 Å². The third-order valence-electron chi connectivity index (χ3n) is 3.67. The van der Waals surface area contributed by atoms with Crippen molar-refractivity contribution in [3.63, 3.8) is 0 Å². The molecule has 0 spiro atoms. The third-order valence-corrected chi connectivity index (χ3v) is 3.67. The highest BCUT2D eigenvalue weighted by molar-refractivity contribution is 5.45. The summed E-state index contributed by atoms with van der Waals surface area (Å²) in [6.45, 7) is 6.55. The van der Waals surface area contributed by atoms with Crippen molar-refractivity contribution in [2.24, 2.45) is 0 Å². The molecule has 1 saturated carbocycles. The van der Waals surface area contributed by atoms with Gasteiger partial charge in [0.2, 0.25) is 0 Å². The summed E-state index contributed by atoms with van der Waals surface area (Å²) in [7, 11) is 1.77. The average molecular weight is 233 g/mol. The van der Waals surface area contributed by atoms with Crippen LogP contribution < -0.4 is 10.1 Å². The molecule has 1 fully saturated rings. The minimum absolute atomic E-state index is 0.340. The molecule has 0 atom stereocenters. The first-order valence-electron chi connectivity index (χ1n) is 6.58. The molecule has 1 aliphatic carbocycles. The smallest absolute Gasteiger partial charge is 0.122 e. The van der Waals surface area contributed by atoms with Crippen molar-refractivity contribution >= 4 is 0 Å². The van der Waals surface area contributed by atoms with Crippen LogP contribution in [0.2, 0.25) is 0 Å². The van der Waals surface area contributed by atoms with E-state index in [0.717, 1.165) is 18.8 Å². The molecule has 94 valence electrons. The van der Waals surface area contributed by atoms with Crippen molar-refractivity contribution in [3.8, 4) is 5.75 Å². The minimum Gasteiger partial charge on any atom is -0.496 e. The highest BCUT2D eigenvalue weighted by atomic mass is 16.5. The number of methoxy groups -OCH3 is 1. The van der Waals surface area contributed by atoms with Gasteiger partial charge in [-0.3, -0.25) is 0 Å². The second-order valence-corrected chi connectivity index (χ2v) is 5.16. The van der Waals surface area contributed by atoms with E-state index in [0.29, 0.717) is 5.41 Å². The summed E-state index contributed by atoms with van der Waals surface area (Å²) in [6, 6.07) is 6.52. The standard InChI is InChI=1S/C15H23NO/c1-4-9-16-11-15(7-8-15)13-10-12(2)5-6-14(13)17-3/h5-6,10,16H,4,7-9,11H2,1-3H3. The van der Waals surface area contributed by atoms with Crippen molar-refractivity contribution in [1.82, 2.24) is 5.32 Å². The maximum Gasteiger partial charge on any atom is 0.122 e. The molecule has 2 nitrogen and oxygen atoms in total. The molecule has 0 saturated heterocycles. The second-order valence-electron chi connectivity index (χ2n) is 5.16. The molecule has 0 aromatic heterocycles. The van der Waals surface area contributed by atoms with Gasteiger partial charge in [-0.05, 0) is 38.8 Å². The van der Waals surface area contributed by atoms with E-state index in [9.17, 15) is 0 Å². The van der Waals surface area contributed by atoms with Crippen LogP contribution in [0.3, 0.4) is 0 Å². The Hall–Kier alpha value is -1.02. The predicted octanol–water partition coefficient (Wildman–Crippen LogP) is 3.03. The molecule has 1 N–H and O–H groups in total. The van der Waals surface area contributed by atoms with Gasteiger partial charge in [0.1, 0.15) is 5.75 Å². The summed E-state index contributed by atoms with van der Waals surface area (Å²) in [5, 5.41) is 3.55. The van der Waals surface area contributed by atoms with Crippen molar-refractivity contribution in [2.75, 3.05) is 20.2 Å². The van der Waals surface area contributed by atoms with Gasteiger partial charge in [0.15, 0.2) is 0 Å². The Kier molecular flexibility index (Phi) is 3.72. The number of nitrogens with one attached hydrogen (secondary N) is 1. The van der Waals surface area contributed by atoms with Gasteiger partial charge in [0.25, 0.3) is 0 Å². The first-order valence-corrected chi connectivity index (χ1v) is 6.58. The van der Waals surface area contributed by atoms with E-state index in [1.807, 2.05) is 0 Å². The maximum absolute atomic E-state index is 5.51. The lowest BCUT2D eigenvalue weighted by atomic mass is 9.93. The van der Waals surface area contributed by atoms with E-state index in [-0.39, 0.29) is 0 Å². The normalized spacial score (nSPS) is 16.9. The summed E-state index contributed by atoms with van der Waals surface area (Å²) >= 11 is 0. The van der Waals surface area contributed by atoms with Crippen LogP contribution in [-0.4, -0.2) is 20.2 Å². The van der Waals surface area contributed by atoms with Crippen molar-refractivity contribution in [2.45, 2.75) is 38.5 Å². The number of benzene rings is 1. The molecular formula is C15H23NO. The second kappa shape index (κ2) is 5.09. The van der Waals surface area contributed by atoms with Gasteiger partial charge in [-0.2, -0.15) is 0 Å². The van der Waals surface area contributed by atoms with Crippen molar-refractivity contribution in [3.05, 3.63) is 29.3 Å². The molecule has 0 unspecified atom stereocenters. The highest BCUT2D eigenvalue weighted by Gasteiger charge is 2.45. The first-order chi connectivity index (χ1) is 8.22. The van der Waals surface area contributed by atoms with Gasteiger partial charge >= 0.3 is 0 Å². The van der Waals surface area contributed by atoms with Gasteiger partial charge in [-0.15, -0.1) is 0 Å². The minimum atomic E-state index is 0.340. The van der Waals surface area contributed by atoms with Crippen LogP contribution in [0.15, 0.2) is 18.2 Å². The molecular weight excluding hydrogens is 210 g/mol. The lowest BCUT2D eigenvalue weighted by molar-refractivity contribution is 0.401. The molecule has 2 rings (SSSR count). The Morgan fingerprint density at radius 2 is 2.12 bits per heavy atom. The monoisotopic (exact) mass is 233 g/mol. The van der Waals surface area contributed by atoms with Crippen LogP contribution in [0.1, 0.15) is 37.3 Å². The summed E-state index contributed by atoms with van der Waals surface area (Å²) < 4.78 is 5.51. The van der Waals surface area contributed by atoms with E-state index in [2.05, 4.69) is 37.4 Å². The fourth-order valence-electron chi connectivity index (χ4n) is 2.43. The number of ether oxygens (including phenoxy) is 1. The third kappa shape index (κ3) is 2.63. The van der Waals surface area contributed by atoms with E-state index < -0.39 is 0 Å². The molecule has 0 radical (unpaired) electrons. The van der Waals surface area contributed by atoms with E-state index in [4.69, 9.17) is 4.74 Å².